The average molecular weight is 234 g/mol. The quantitative estimate of drug-likeness (QED) is 0.849. The highest BCUT2D eigenvalue weighted by atomic mass is 15.1. The van der Waals surface area contributed by atoms with Crippen molar-refractivity contribution in [1.29, 1.82) is 0 Å². The van der Waals surface area contributed by atoms with E-state index in [1.807, 2.05) is 6.07 Å². The van der Waals surface area contributed by atoms with Crippen LogP contribution in [-0.2, 0) is 5.54 Å². The lowest BCUT2D eigenvalue weighted by Crippen LogP contribution is -2.53. The Balaban J connectivity index is 3.10. The van der Waals surface area contributed by atoms with Crippen LogP contribution in [0.5, 0.6) is 0 Å². The monoisotopic (exact) mass is 234 g/mol. The topological polar surface area (TPSA) is 29.3 Å². The van der Waals surface area contributed by atoms with E-state index in [4.69, 9.17) is 5.73 Å². The maximum absolute atomic E-state index is 6.72. The summed E-state index contributed by atoms with van der Waals surface area (Å²) < 4.78 is 0. The molecule has 0 aromatic heterocycles. The van der Waals surface area contributed by atoms with E-state index in [9.17, 15) is 0 Å². The summed E-state index contributed by atoms with van der Waals surface area (Å²) in [5, 5.41) is 0. The molecule has 2 atom stereocenters. The van der Waals surface area contributed by atoms with Crippen LogP contribution in [0.1, 0.15) is 32.8 Å². The van der Waals surface area contributed by atoms with Gasteiger partial charge in [0.2, 0.25) is 0 Å². The van der Waals surface area contributed by atoms with Crippen molar-refractivity contribution in [3.8, 4) is 0 Å². The maximum atomic E-state index is 6.72. The molecule has 0 aliphatic carbocycles. The van der Waals surface area contributed by atoms with Crippen molar-refractivity contribution >= 4 is 0 Å². The van der Waals surface area contributed by atoms with Crippen molar-refractivity contribution < 1.29 is 0 Å². The number of nitrogens with two attached hydrogens (primary N) is 1. The number of rotatable bonds is 5. The van der Waals surface area contributed by atoms with Crippen molar-refractivity contribution in [1.82, 2.24) is 4.90 Å². The standard InChI is InChI=1S/C15H26N2/c1-12(2)11-15(16,13(3)17(4)5)14-9-7-6-8-10-14/h6-10,12-13H,11,16H2,1-5H3. The van der Waals surface area contributed by atoms with Gasteiger partial charge in [-0.15, -0.1) is 0 Å². The average Bonchev–Trinajstić information content (AvgIpc) is 2.28. The molecule has 1 aromatic rings. The van der Waals surface area contributed by atoms with Gasteiger partial charge in [0.05, 0.1) is 5.54 Å². The second kappa shape index (κ2) is 5.65. The fraction of sp³-hybridized carbons (Fsp3) is 0.600. The van der Waals surface area contributed by atoms with Gasteiger partial charge >= 0.3 is 0 Å². The van der Waals surface area contributed by atoms with E-state index in [1.54, 1.807) is 0 Å². The third-order valence-corrected chi connectivity index (χ3v) is 3.58. The molecule has 2 unspecified atom stereocenters. The fourth-order valence-corrected chi connectivity index (χ4v) is 2.41. The number of nitrogens with zero attached hydrogens (tertiary/aromatic N) is 1. The van der Waals surface area contributed by atoms with Crippen LogP contribution in [0.4, 0.5) is 0 Å². The SMILES string of the molecule is CC(C)CC(N)(c1ccccc1)C(C)N(C)C. The predicted molar refractivity (Wildman–Crippen MR) is 74.9 cm³/mol. The van der Waals surface area contributed by atoms with Crippen LogP contribution < -0.4 is 5.73 Å². The van der Waals surface area contributed by atoms with E-state index in [0.29, 0.717) is 12.0 Å². The van der Waals surface area contributed by atoms with Gasteiger partial charge in [0, 0.05) is 6.04 Å². The highest BCUT2D eigenvalue weighted by Crippen LogP contribution is 2.31. The Morgan fingerprint density at radius 3 is 2.06 bits per heavy atom. The smallest absolute Gasteiger partial charge is 0.0566 e. The number of hydrogen-bond acceptors (Lipinski definition) is 2. The second-order valence-electron chi connectivity index (χ2n) is 5.64. The summed E-state index contributed by atoms with van der Waals surface area (Å²) in [6.07, 6.45) is 0.996. The number of hydrogen-bond donors (Lipinski definition) is 1. The number of benzene rings is 1. The van der Waals surface area contributed by atoms with Crippen molar-refractivity contribution in [3.05, 3.63) is 35.9 Å². The Hall–Kier alpha value is -0.860. The van der Waals surface area contributed by atoms with Gasteiger partial charge in [-0.05, 0) is 38.9 Å². The van der Waals surface area contributed by atoms with Crippen molar-refractivity contribution in [2.24, 2.45) is 11.7 Å². The molecular formula is C15H26N2. The number of likely N-dealkylation sites (N-methyl/N-ethyl adjacent to an activating group) is 1. The maximum Gasteiger partial charge on any atom is 0.0566 e. The van der Waals surface area contributed by atoms with Gasteiger partial charge in [-0.25, -0.2) is 0 Å². The highest BCUT2D eigenvalue weighted by Gasteiger charge is 2.35. The summed E-state index contributed by atoms with van der Waals surface area (Å²) in [5.74, 6) is 0.586. The molecule has 0 saturated carbocycles. The fourth-order valence-electron chi connectivity index (χ4n) is 2.41. The van der Waals surface area contributed by atoms with E-state index < -0.39 is 0 Å². The third-order valence-electron chi connectivity index (χ3n) is 3.58. The first-order valence-electron chi connectivity index (χ1n) is 6.38. The molecule has 0 spiro atoms. The van der Waals surface area contributed by atoms with Gasteiger partial charge in [0.25, 0.3) is 0 Å². The molecule has 2 nitrogen and oxygen atoms in total. The normalized spacial score (nSPS) is 17.2. The van der Waals surface area contributed by atoms with Crippen LogP contribution in [0.25, 0.3) is 0 Å². The molecule has 2 N–H and O–H groups in total. The zero-order chi connectivity index (χ0) is 13.1. The Labute approximate surface area is 106 Å². The van der Waals surface area contributed by atoms with Crippen LogP contribution in [0, 0.1) is 5.92 Å². The summed E-state index contributed by atoms with van der Waals surface area (Å²) >= 11 is 0. The van der Waals surface area contributed by atoms with Crippen LogP contribution in [0.3, 0.4) is 0 Å². The van der Waals surface area contributed by atoms with Crippen molar-refractivity contribution in [2.45, 2.75) is 38.8 Å². The first-order chi connectivity index (χ1) is 7.88. The summed E-state index contributed by atoms with van der Waals surface area (Å²) in [6.45, 7) is 6.66. The molecule has 0 aliphatic rings. The molecule has 0 radical (unpaired) electrons. The van der Waals surface area contributed by atoms with Gasteiger partial charge in [-0.3, -0.25) is 0 Å². The minimum absolute atomic E-state index is 0.279. The predicted octanol–water partition coefficient (Wildman–Crippen LogP) is 2.84. The van der Waals surface area contributed by atoms with Crippen molar-refractivity contribution in [3.63, 3.8) is 0 Å². The summed E-state index contributed by atoms with van der Waals surface area (Å²) in [5.41, 5.74) is 7.68. The van der Waals surface area contributed by atoms with Crippen LogP contribution in [-0.4, -0.2) is 25.0 Å². The van der Waals surface area contributed by atoms with Gasteiger partial charge in [0.15, 0.2) is 0 Å². The van der Waals surface area contributed by atoms with Gasteiger partial charge in [-0.2, -0.15) is 0 Å². The third kappa shape index (κ3) is 3.30. The summed E-state index contributed by atoms with van der Waals surface area (Å²) in [7, 11) is 4.19. The lowest BCUT2D eigenvalue weighted by molar-refractivity contribution is 0.167. The van der Waals surface area contributed by atoms with E-state index in [-0.39, 0.29) is 5.54 Å². The van der Waals surface area contributed by atoms with Gasteiger partial charge < -0.3 is 10.6 Å². The molecular weight excluding hydrogens is 208 g/mol. The molecule has 0 amide bonds. The summed E-state index contributed by atoms with van der Waals surface area (Å²) in [6, 6.07) is 10.8. The van der Waals surface area contributed by atoms with Gasteiger partial charge in [0.1, 0.15) is 0 Å². The lowest BCUT2D eigenvalue weighted by Gasteiger charge is -2.41. The highest BCUT2D eigenvalue weighted by molar-refractivity contribution is 5.26. The molecule has 0 aliphatic heterocycles. The molecule has 0 bridgehead atoms. The first kappa shape index (κ1) is 14.2. The van der Waals surface area contributed by atoms with Crippen LogP contribution in [0.2, 0.25) is 0 Å². The minimum atomic E-state index is -0.279. The van der Waals surface area contributed by atoms with E-state index in [1.165, 1.54) is 5.56 Å². The van der Waals surface area contributed by atoms with E-state index in [2.05, 4.69) is 64.0 Å². The lowest BCUT2D eigenvalue weighted by atomic mass is 9.77. The van der Waals surface area contributed by atoms with E-state index in [0.717, 1.165) is 6.42 Å². The Bertz CT molecular complexity index is 332. The Morgan fingerprint density at radius 1 is 1.12 bits per heavy atom. The molecule has 2 heteroatoms. The van der Waals surface area contributed by atoms with Gasteiger partial charge in [-0.1, -0.05) is 44.2 Å². The van der Waals surface area contributed by atoms with Crippen LogP contribution >= 0.6 is 0 Å². The largest absolute Gasteiger partial charge is 0.320 e. The first-order valence-corrected chi connectivity index (χ1v) is 6.38. The Kier molecular flexibility index (Phi) is 4.72. The molecule has 0 fully saturated rings. The van der Waals surface area contributed by atoms with Crippen molar-refractivity contribution in [2.75, 3.05) is 14.1 Å². The minimum Gasteiger partial charge on any atom is -0.320 e. The molecule has 1 aromatic carbocycles. The molecule has 0 saturated heterocycles. The van der Waals surface area contributed by atoms with Crippen LogP contribution in [0.15, 0.2) is 30.3 Å². The van der Waals surface area contributed by atoms with E-state index >= 15 is 0 Å². The molecule has 96 valence electrons. The molecule has 0 heterocycles. The molecule has 1 rings (SSSR count). The molecule has 17 heavy (non-hydrogen) atoms. The zero-order valence-electron chi connectivity index (χ0n) is 11.8. The zero-order valence-corrected chi connectivity index (χ0v) is 11.8. The second-order valence-corrected chi connectivity index (χ2v) is 5.64. The summed E-state index contributed by atoms with van der Waals surface area (Å²) in [4.78, 5) is 2.20. The Morgan fingerprint density at radius 2 is 1.65 bits per heavy atom.